The SMILES string of the molecule is C1=C(c2ccccc2)[C@@H](N2CCCC2)C2CCC1C2. The van der Waals surface area contributed by atoms with Gasteiger partial charge in [0.05, 0.1) is 0 Å². The van der Waals surface area contributed by atoms with Crippen LogP contribution in [0.4, 0.5) is 0 Å². The molecule has 100 valence electrons. The van der Waals surface area contributed by atoms with E-state index in [1.807, 2.05) is 0 Å². The Morgan fingerprint density at radius 2 is 1.74 bits per heavy atom. The maximum absolute atomic E-state index is 2.77. The van der Waals surface area contributed by atoms with Crippen LogP contribution in [0, 0.1) is 11.8 Å². The fourth-order valence-electron chi connectivity index (χ4n) is 4.51. The first-order chi connectivity index (χ1) is 9.42. The summed E-state index contributed by atoms with van der Waals surface area (Å²) in [5, 5.41) is 0. The molecule has 2 fully saturated rings. The lowest BCUT2D eigenvalue weighted by Crippen LogP contribution is -2.40. The van der Waals surface area contributed by atoms with E-state index in [0.29, 0.717) is 6.04 Å². The summed E-state index contributed by atoms with van der Waals surface area (Å²) in [6, 6.07) is 11.8. The van der Waals surface area contributed by atoms with Crippen LogP contribution in [0.25, 0.3) is 5.57 Å². The molecule has 0 aromatic heterocycles. The Balaban J connectivity index is 1.72. The van der Waals surface area contributed by atoms with Crippen molar-refractivity contribution >= 4 is 5.57 Å². The van der Waals surface area contributed by atoms with Gasteiger partial charge in [-0.15, -0.1) is 0 Å². The summed E-state index contributed by atoms with van der Waals surface area (Å²) in [5.41, 5.74) is 3.11. The van der Waals surface area contributed by atoms with Crippen LogP contribution in [0.15, 0.2) is 36.4 Å². The third-order valence-corrected chi connectivity index (χ3v) is 5.34. The highest BCUT2D eigenvalue weighted by Crippen LogP contribution is 2.46. The Bertz CT molecular complexity index is 470. The molecule has 1 nitrogen and oxygen atoms in total. The fourth-order valence-corrected chi connectivity index (χ4v) is 4.51. The Morgan fingerprint density at radius 3 is 2.53 bits per heavy atom. The van der Waals surface area contributed by atoms with Gasteiger partial charge in [0.2, 0.25) is 0 Å². The van der Waals surface area contributed by atoms with E-state index in [-0.39, 0.29) is 0 Å². The van der Waals surface area contributed by atoms with Crippen LogP contribution in [0.3, 0.4) is 0 Å². The molecule has 1 saturated heterocycles. The first kappa shape index (κ1) is 11.7. The smallest absolute Gasteiger partial charge is 0.0379 e. The van der Waals surface area contributed by atoms with Gasteiger partial charge in [0.1, 0.15) is 0 Å². The predicted molar refractivity (Wildman–Crippen MR) is 79.8 cm³/mol. The van der Waals surface area contributed by atoms with E-state index in [2.05, 4.69) is 41.3 Å². The van der Waals surface area contributed by atoms with Gasteiger partial charge < -0.3 is 0 Å². The molecule has 0 N–H and O–H groups in total. The van der Waals surface area contributed by atoms with Crippen LogP contribution in [-0.2, 0) is 0 Å². The van der Waals surface area contributed by atoms with Gasteiger partial charge in [-0.3, -0.25) is 4.90 Å². The van der Waals surface area contributed by atoms with Crippen LogP contribution >= 0.6 is 0 Å². The van der Waals surface area contributed by atoms with E-state index < -0.39 is 0 Å². The largest absolute Gasteiger partial charge is 0.296 e. The Hall–Kier alpha value is -1.08. The van der Waals surface area contributed by atoms with Gasteiger partial charge in [0, 0.05) is 6.04 Å². The van der Waals surface area contributed by atoms with Crippen LogP contribution < -0.4 is 0 Å². The first-order valence-corrected chi connectivity index (χ1v) is 7.93. The number of nitrogens with zero attached hydrogens (tertiary/aromatic N) is 1. The van der Waals surface area contributed by atoms with Crippen LogP contribution in [0.2, 0.25) is 0 Å². The molecule has 3 aliphatic rings. The van der Waals surface area contributed by atoms with Crippen LogP contribution in [-0.4, -0.2) is 24.0 Å². The molecule has 2 aliphatic carbocycles. The van der Waals surface area contributed by atoms with Crippen LogP contribution in [0.5, 0.6) is 0 Å². The molecule has 1 saturated carbocycles. The number of likely N-dealkylation sites (tertiary alicyclic amines) is 1. The van der Waals surface area contributed by atoms with Gasteiger partial charge in [0.25, 0.3) is 0 Å². The molecule has 1 aromatic rings. The molecule has 1 aromatic carbocycles. The number of hydrogen-bond acceptors (Lipinski definition) is 1. The molecule has 3 atom stereocenters. The molecule has 19 heavy (non-hydrogen) atoms. The van der Waals surface area contributed by atoms with E-state index in [0.717, 1.165) is 11.8 Å². The fraction of sp³-hybridized carbons (Fsp3) is 0.556. The maximum Gasteiger partial charge on any atom is 0.0379 e. The molecule has 4 rings (SSSR count). The Kier molecular flexibility index (Phi) is 2.96. The second kappa shape index (κ2) is 4.79. The summed E-state index contributed by atoms with van der Waals surface area (Å²) in [4.78, 5) is 2.77. The number of hydrogen-bond donors (Lipinski definition) is 0. The third-order valence-electron chi connectivity index (χ3n) is 5.34. The highest BCUT2D eigenvalue weighted by Gasteiger charge is 2.40. The molecule has 2 unspecified atom stereocenters. The monoisotopic (exact) mass is 253 g/mol. The topological polar surface area (TPSA) is 3.24 Å². The van der Waals surface area contributed by atoms with Crippen LogP contribution in [0.1, 0.15) is 37.7 Å². The van der Waals surface area contributed by atoms with Gasteiger partial charge in [0.15, 0.2) is 0 Å². The summed E-state index contributed by atoms with van der Waals surface area (Å²) < 4.78 is 0. The summed E-state index contributed by atoms with van der Waals surface area (Å²) in [7, 11) is 0. The maximum atomic E-state index is 2.77. The zero-order valence-electron chi connectivity index (χ0n) is 11.6. The second-order valence-corrected chi connectivity index (χ2v) is 6.51. The van der Waals surface area contributed by atoms with Crippen molar-refractivity contribution in [2.45, 2.75) is 38.1 Å². The zero-order chi connectivity index (χ0) is 12.7. The van der Waals surface area contributed by atoms with Gasteiger partial charge in [-0.25, -0.2) is 0 Å². The zero-order valence-corrected chi connectivity index (χ0v) is 11.6. The molecule has 0 radical (unpaired) electrons. The molecule has 2 bridgehead atoms. The summed E-state index contributed by atoms with van der Waals surface area (Å²) in [5.74, 6) is 1.78. The predicted octanol–water partition coefficient (Wildman–Crippen LogP) is 3.96. The summed E-state index contributed by atoms with van der Waals surface area (Å²) in [6.07, 6.45) is 9.72. The van der Waals surface area contributed by atoms with E-state index in [1.54, 1.807) is 5.57 Å². The summed E-state index contributed by atoms with van der Waals surface area (Å²) >= 11 is 0. The third kappa shape index (κ3) is 2.04. The van der Waals surface area contributed by atoms with Gasteiger partial charge in [-0.1, -0.05) is 36.4 Å². The van der Waals surface area contributed by atoms with Gasteiger partial charge in [-0.2, -0.15) is 0 Å². The average Bonchev–Trinajstić information content (AvgIpc) is 3.11. The van der Waals surface area contributed by atoms with Crippen molar-refractivity contribution in [3.8, 4) is 0 Å². The van der Waals surface area contributed by atoms with Crippen molar-refractivity contribution in [3.63, 3.8) is 0 Å². The first-order valence-electron chi connectivity index (χ1n) is 7.93. The molecule has 0 amide bonds. The molecule has 1 heterocycles. The van der Waals surface area contributed by atoms with Crippen molar-refractivity contribution in [1.29, 1.82) is 0 Å². The quantitative estimate of drug-likeness (QED) is 0.771. The van der Waals surface area contributed by atoms with E-state index >= 15 is 0 Å². The minimum atomic E-state index is 0.712. The van der Waals surface area contributed by atoms with E-state index in [4.69, 9.17) is 0 Å². The van der Waals surface area contributed by atoms with Crippen molar-refractivity contribution < 1.29 is 0 Å². The number of benzene rings is 1. The minimum absolute atomic E-state index is 0.712. The lowest BCUT2D eigenvalue weighted by molar-refractivity contribution is 0.217. The number of rotatable bonds is 2. The van der Waals surface area contributed by atoms with E-state index in [9.17, 15) is 0 Å². The highest BCUT2D eigenvalue weighted by atomic mass is 15.2. The number of allylic oxidation sites excluding steroid dienone is 1. The van der Waals surface area contributed by atoms with E-state index in [1.165, 1.54) is 50.8 Å². The molecular weight excluding hydrogens is 230 g/mol. The normalized spacial score (nSPS) is 34.5. The molecule has 0 spiro atoms. The molecular formula is C18H23N. The minimum Gasteiger partial charge on any atom is -0.296 e. The highest BCUT2D eigenvalue weighted by molar-refractivity contribution is 5.71. The standard InChI is InChI=1S/C18H23N/c1-2-6-15(7-3-1)17-13-14-8-9-16(12-14)18(17)19-10-4-5-11-19/h1-3,6-7,13-14,16,18H,4-5,8-12H2/t14?,16?,18-/m0/s1. The van der Waals surface area contributed by atoms with Crippen molar-refractivity contribution in [1.82, 2.24) is 4.90 Å². The van der Waals surface area contributed by atoms with Crippen molar-refractivity contribution in [3.05, 3.63) is 42.0 Å². The lowest BCUT2D eigenvalue weighted by Gasteiger charge is -2.37. The lowest BCUT2D eigenvalue weighted by atomic mass is 9.81. The number of fused-ring (bicyclic) bond motifs is 2. The molecule has 1 heteroatoms. The summed E-state index contributed by atoms with van der Waals surface area (Å²) in [6.45, 7) is 2.63. The van der Waals surface area contributed by atoms with Crippen molar-refractivity contribution in [2.24, 2.45) is 11.8 Å². The van der Waals surface area contributed by atoms with Gasteiger partial charge in [-0.05, 0) is 68.2 Å². The molecule has 1 aliphatic heterocycles. The second-order valence-electron chi connectivity index (χ2n) is 6.51. The van der Waals surface area contributed by atoms with Crippen molar-refractivity contribution in [2.75, 3.05) is 13.1 Å². The Morgan fingerprint density at radius 1 is 0.947 bits per heavy atom. The average molecular weight is 253 g/mol. The van der Waals surface area contributed by atoms with Gasteiger partial charge >= 0.3 is 0 Å². The Labute approximate surface area is 116 Å².